The Kier molecular flexibility index (Phi) is 7.94. The fraction of sp³-hybridized carbons (Fsp3) is 0.655. The molecular formula is C29H37F5N6O2. The van der Waals surface area contributed by atoms with Gasteiger partial charge in [-0.15, -0.1) is 0 Å². The number of anilines is 3. The van der Waals surface area contributed by atoms with Crippen LogP contribution >= 0.6 is 0 Å². The molecule has 5 heterocycles. The van der Waals surface area contributed by atoms with Gasteiger partial charge >= 0.3 is 6.18 Å². The highest BCUT2D eigenvalue weighted by Crippen LogP contribution is 2.41. The van der Waals surface area contributed by atoms with Gasteiger partial charge in [0.2, 0.25) is 5.95 Å². The minimum absolute atomic E-state index is 0.00175. The molecule has 0 amide bonds. The van der Waals surface area contributed by atoms with Crippen molar-refractivity contribution in [2.75, 3.05) is 43.5 Å². The van der Waals surface area contributed by atoms with E-state index in [0.29, 0.717) is 25.8 Å². The summed E-state index contributed by atoms with van der Waals surface area (Å²) in [6, 6.07) is 4.01. The van der Waals surface area contributed by atoms with Crippen LogP contribution < -0.4 is 15.4 Å². The Morgan fingerprint density at radius 3 is 2.64 bits per heavy atom. The molecule has 230 valence electrons. The van der Waals surface area contributed by atoms with E-state index in [9.17, 15) is 22.0 Å². The van der Waals surface area contributed by atoms with Crippen molar-refractivity contribution in [3.63, 3.8) is 0 Å². The van der Waals surface area contributed by atoms with Crippen LogP contribution in [0.15, 0.2) is 24.4 Å². The molecular weight excluding hydrogens is 559 g/mol. The van der Waals surface area contributed by atoms with Crippen molar-refractivity contribution in [2.24, 2.45) is 0 Å². The lowest BCUT2D eigenvalue weighted by atomic mass is 9.84. The van der Waals surface area contributed by atoms with Crippen LogP contribution in [0.4, 0.5) is 39.4 Å². The van der Waals surface area contributed by atoms with Gasteiger partial charge in [-0.3, -0.25) is 9.80 Å². The normalized spacial score (nSPS) is 28.6. The van der Waals surface area contributed by atoms with Crippen molar-refractivity contribution in [2.45, 2.75) is 88.1 Å². The second-order valence-electron chi connectivity index (χ2n) is 12.5. The largest absolute Gasteiger partial charge is 0.487 e. The molecule has 1 aromatic heterocycles. The number of halogens is 5. The summed E-state index contributed by atoms with van der Waals surface area (Å²) in [5.41, 5.74) is -1.03. The van der Waals surface area contributed by atoms with E-state index in [1.54, 1.807) is 0 Å². The van der Waals surface area contributed by atoms with Crippen LogP contribution in [0.1, 0.15) is 51.5 Å². The maximum absolute atomic E-state index is 14.9. The second-order valence-corrected chi connectivity index (χ2v) is 12.5. The molecule has 2 N–H and O–H groups in total. The third kappa shape index (κ3) is 6.14. The maximum atomic E-state index is 14.9. The number of nitrogens with zero attached hydrogens (tertiary/aromatic N) is 4. The van der Waals surface area contributed by atoms with Crippen LogP contribution in [0, 0.1) is 5.82 Å². The number of alkyl halides is 4. The number of hydrogen-bond donors (Lipinski definition) is 2. The van der Waals surface area contributed by atoms with Gasteiger partial charge in [0.25, 0.3) is 0 Å². The quantitative estimate of drug-likeness (QED) is 0.413. The van der Waals surface area contributed by atoms with Crippen molar-refractivity contribution >= 4 is 17.5 Å². The highest BCUT2D eigenvalue weighted by Gasteiger charge is 2.43. The molecule has 6 rings (SSSR count). The summed E-state index contributed by atoms with van der Waals surface area (Å²) in [4.78, 5) is 12.7. The highest BCUT2D eigenvalue weighted by atomic mass is 19.4. The predicted molar refractivity (Wildman–Crippen MR) is 147 cm³/mol. The molecule has 4 aliphatic rings. The zero-order chi connectivity index (χ0) is 29.6. The van der Waals surface area contributed by atoms with Crippen LogP contribution in [0.5, 0.6) is 5.75 Å². The Morgan fingerprint density at radius 1 is 1.12 bits per heavy atom. The standard InChI is InChI=1S/C29H37F5N6O2/c1-28(2)12-18(10-19-4-3-8-40(19)28)36-26-22(30)13-35-27(38-26)37-17-5-6-24(21(11-17)29(32,33)34)42-25-7-9-39(14-23(25)31)20-15-41-16-20/h5-6,11,13,18-20,23,25H,3-4,7-10,12,14-16H2,1-2H3,(H2,35,36,37,38)/t18-,19?,23-,25-/m1/s1. The summed E-state index contributed by atoms with van der Waals surface area (Å²) in [5, 5.41) is 5.98. The van der Waals surface area contributed by atoms with Gasteiger partial charge in [-0.05, 0) is 70.7 Å². The average Bonchev–Trinajstić information content (AvgIpc) is 3.36. The van der Waals surface area contributed by atoms with Gasteiger partial charge < -0.3 is 20.1 Å². The SMILES string of the molecule is CC1(C)C[C@H](Nc2nc(Nc3ccc(O[C@@H]4CCN(C5COC5)C[C@H]4F)c(C(F)(F)F)c3)ncc2F)CC2CCCN21. The molecule has 0 aliphatic carbocycles. The number of benzene rings is 1. The van der Waals surface area contributed by atoms with E-state index in [1.165, 1.54) is 12.1 Å². The van der Waals surface area contributed by atoms with Gasteiger partial charge in [-0.1, -0.05) is 0 Å². The first kappa shape index (κ1) is 29.3. The van der Waals surface area contributed by atoms with Crippen molar-refractivity contribution in [3.8, 4) is 5.75 Å². The Bertz CT molecular complexity index is 1280. The molecule has 4 saturated heterocycles. The molecule has 0 radical (unpaired) electrons. The van der Waals surface area contributed by atoms with Gasteiger partial charge in [0.15, 0.2) is 11.6 Å². The summed E-state index contributed by atoms with van der Waals surface area (Å²) in [6.45, 7) is 7.14. The third-order valence-electron chi connectivity index (χ3n) is 9.01. The lowest BCUT2D eigenvalue weighted by molar-refractivity contribution is -0.140. The first-order valence-corrected chi connectivity index (χ1v) is 14.6. The highest BCUT2D eigenvalue weighted by molar-refractivity contribution is 5.59. The maximum Gasteiger partial charge on any atom is 0.420 e. The molecule has 13 heteroatoms. The summed E-state index contributed by atoms with van der Waals surface area (Å²) >= 11 is 0. The van der Waals surface area contributed by atoms with Crippen LogP contribution in [-0.2, 0) is 10.9 Å². The van der Waals surface area contributed by atoms with Gasteiger partial charge in [0.05, 0.1) is 31.0 Å². The zero-order valence-corrected chi connectivity index (χ0v) is 23.8. The lowest BCUT2D eigenvalue weighted by Crippen LogP contribution is -2.56. The van der Waals surface area contributed by atoms with Crippen molar-refractivity contribution < 1.29 is 31.4 Å². The van der Waals surface area contributed by atoms with Gasteiger partial charge in [-0.2, -0.15) is 18.2 Å². The molecule has 2 aromatic rings. The smallest absolute Gasteiger partial charge is 0.420 e. The number of likely N-dealkylation sites (tertiary alicyclic amines) is 1. The Balaban J connectivity index is 1.15. The van der Waals surface area contributed by atoms with E-state index in [2.05, 4.69) is 39.3 Å². The molecule has 42 heavy (non-hydrogen) atoms. The number of aromatic nitrogens is 2. The fourth-order valence-electron chi connectivity index (χ4n) is 6.87. The van der Waals surface area contributed by atoms with Gasteiger partial charge in [-0.25, -0.2) is 13.8 Å². The molecule has 8 nitrogen and oxygen atoms in total. The number of nitrogens with one attached hydrogen (secondary N) is 2. The number of rotatable bonds is 7. The summed E-state index contributed by atoms with van der Waals surface area (Å²) < 4.78 is 82.5. The van der Waals surface area contributed by atoms with E-state index in [1.807, 2.05) is 4.90 Å². The first-order valence-electron chi connectivity index (χ1n) is 14.6. The van der Waals surface area contributed by atoms with Gasteiger partial charge in [0, 0.05) is 36.4 Å². The van der Waals surface area contributed by atoms with Crippen molar-refractivity contribution in [1.29, 1.82) is 0 Å². The molecule has 0 saturated carbocycles. The minimum atomic E-state index is -4.75. The predicted octanol–water partition coefficient (Wildman–Crippen LogP) is 5.39. The fourth-order valence-corrected chi connectivity index (χ4v) is 6.87. The summed E-state index contributed by atoms with van der Waals surface area (Å²) in [6.07, 6.45) is -1.99. The Labute approximate surface area is 242 Å². The van der Waals surface area contributed by atoms with E-state index in [-0.39, 0.29) is 48.0 Å². The molecule has 1 aromatic carbocycles. The number of fused-ring (bicyclic) bond motifs is 1. The minimum Gasteiger partial charge on any atom is -0.487 e. The lowest BCUT2D eigenvalue weighted by Gasteiger charge is -2.47. The molecule has 4 aliphatic heterocycles. The Morgan fingerprint density at radius 2 is 1.93 bits per heavy atom. The van der Waals surface area contributed by atoms with E-state index in [0.717, 1.165) is 44.5 Å². The average molecular weight is 597 g/mol. The van der Waals surface area contributed by atoms with E-state index >= 15 is 0 Å². The monoisotopic (exact) mass is 596 g/mol. The number of hydrogen-bond acceptors (Lipinski definition) is 8. The second kappa shape index (κ2) is 11.4. The first-order chi connectivity index (χ1) is 20.0. The van der Waals surface area contributed by atoms with Crippen molar-refractivity contribution in [3.05, 3.63) is 35.8 Å². The summed E-state index contributed by atoms with van der Waals surface area (Å²) in [7, 11) is 0. The van der Waals surface area contributed by atoms with Crippen LogP contribution in [-0.4, -0.2) is 88.6 Å². The molecule has 0 bridgehead atoms. The van der Waals surface area contributed by atoms with Crippen LogP contribution in [0.25, 0.3) is 0 Å². The van der Waals surface area contributed by atoms with Crippen molar-refractivity contribution in [1.82, 2.24) is 19.8 Å². The van der Waals surface area contributed by atoms with Crippen LogP contribution in [0.3, 0.4) is 0 Å². The summed E-state index contributed by atoms with van der Waals surface area (Å²) in [5.74, 6) is -1.12. The molecule has 1 unspecified atom stereocenters. The third-order valence-corrected chi connectivity index (χ3v) is 9.01. The van der Waals surface area contributed by atoms with E-state index in [4.69, 9.17) is 9.47 Å². The van der Waals surface area contributed by atoms with Crippen LogP contribution in [0.2, 0.25) is 0 Å². The molecule has 4 atom stereocenters. The molecule has 0 spiro atoms. The number of piperidine rings is 2. The number of ether oxygens (including phenoxy) is 2. The molecule has 4 fully saturated rings. The topological polar surface area (TPSA) is 74.8 Å². The zero-order valence-electron chi connectivity index (χ0n) is 23.8. The van der Waals surface area contributed by atoms with E-state index < -0.39 is 35.6 Å². The van der Waals surface area contributed by atoms with Gasteiger partial charge in [0.1, 0.15) is 18.0 Å². The Hall–Kier alpha value is -2.77.